The number of hydrogen-bond acceptors (Lipinski definition) is 6. The highest BCUT2D eigenvalue weighted by molar-refractivity contribution is 7.20. The fraction of sp³-hybridized carbons (Fsp3) is 0.375. The molecule has 1 aliphatic rings. The molecule has 0 bridgehead atoms. The molecule has 0 amide bonds. The summed E-state index contributed by atoms with van der Waals surface area (Å²) in [5.74, 6) is 1.42. The predicted molar refractivity (Wildman–Crippen MR) is 92.8 cm³/mol. The largest absolute Gasteiger partial charge is 0.346 e. The molecule has 0 N–H and O–H groups in total. The van der Waals surface area contributed by atoms with E-state index in [9.17, 15) is 0 Å². The summed E-state index contributed by atoms with van der Waals surface area (Å²) < 4.78 is 3.98. The van der Waals surface area contributed by atoms with E-state index in [0.717, 1.165) is 53.2 Å². The fourth-order valence-electron chi connectivity index (χ4n) is 3.43. The SMILES string of the molecule is Cc1cn2nc(N3CCCC(c4nnc5ccccn45)C3)sc2n1. The minimum Gasteiger partial charge on any atom is -0.346 e. The molecule has 24 heavy (non-hydrogen) atoms. The van der Waals surface area contributed by atoms with Crippen LogP contribution < -0.4 is 4.90 Å². The molecule has 1 aliphatic heterocycles. The highest BCUT2D eigenvalue weighted by Crippen LogP contribution is 2.31. The van der Waals surface area contributed by atoms with Crippen LogP contribution in [0.3, 0.4) is 0 Å². The minimum absolute atomic E-state index is 0.370. The maximum absolute atomic E-state index is 4.69. The average molecular weight is 339 g/mol. The van der Waals surface area contributed by atoms with Crippen LogP contribution in [0, 0.1) is 6.92 Å². The second kappa shape index (κ2) is 5.27. The molecule has 0 radical (unpaired) electrons. The quantitative estimate of drug-likeness (QED) is 0.561. The number of piperidine rings is 1. The molecule has 4 aromatic heterocycles. The summed E-state index contributed by atoms with van der Waals surface area (Å²) in [6.07, 6.45) is 6.29. The van der Waals surface area contributed by atoms with E-state index in [4.69, 9.17) is 5.10 Å². The van der Waals surface area contributed by atoms with Crippen LogP contribution in [0.15, 0.2) is 30.6 Å². The van der Waals surface area contributed by atoms with Gasteiger partial charge >= 0.3 is 0 Å². The topological polar surface area (TPSA) is 63.6 Å². The Morgan fingerprint density at radius 3 is 3.12 bits per heavy atom. The molecule has 5 rings (SSSR count). The second-order valence-electron chi connectivity index (χ2n) is 6.27. The third-order valence-corrected chi connectivity index (χ3v) is 5.53. The molecular weight excluding hydrogens is 322 g/mol. The van der Waals surface area contributed by atoms with Crippen LogP contribution in [0.5, 0.6) is 0 Å². The van der Waals surface area contributed by atoms with Gasteiger partial charge in [0.1, 0.15) is 5.82 Å². The number of rotatable bonds is 2. The van der Waals surface area contributed by atoms with Crippen molar-refractivity contribution < 1.29 is 0 Å². The zero-order chi connectivity index (χ0) is 16.1. The van der Waals surface area contributed by atoms with Crippen LogP contribution >= 0.6 is 11.3 Å². The number of aromatic nitrogens is 6. The van der Waals surface area contributed by atoms with E-state index in [1.165, 1.54) is 0 Å². The van der Waals surface area contributed by atoms with Gasteiger partial charge < -0.3 is 4.90 Å². The molecule has 5 heterocycles. The second-order valence-corrected chi connectivity index (χ2v) is 7.20. The number of anilines is 1. The Labute approximate surface area is 142 Å². The summed E-state index contributed by atoms with van der Waals surface area (Å²) in [5.41, 5.74) is 1.92. The molecule has 0 aliphatic carbocycles. The van der Waals surface area contributed by atoms with E-state index in [1.807, 2.05) is 42.0 Å². The van der Waals surface area contributed by atoms with Crippen LogP contribution in [0.25, 0.3) is 10.6 Å². The lowest BCUT2D eigenvalue weighted by molar-refractivity contribution is 0.487. The first kappa shape index (κ1) is 13.9. The third-order valence-electron chi connectivity index (χ3n) is 4.55. The molecule has 8 heteroatoms. The van der Waals surface area contributed by atoms with Crippen LogP contribution in [-0.2, 0) is 0 Å². The molecule has 1 saturated heterocycles. The predicted octanol–water partition coefficient (Wildman–Crippen LogP) is 2.53. The average Bonchev–Trinajstić information content (AvgIpc) is 3.27. The highest BCUT2D eigenvalue weighted by atomic mass is 32.1. The van der Waals surface area contributed by atoms with Gasteiger partial charge in [0, 0.05) is 25.2 Å². The number of imidazole rings is 1. The molecule has 1 atom stereocenters. The summed E-state index contributed by atoms with van der Waals surface area (Å²) in [7, 11) is 0. The van der Waals surface area contributed by atoms with E-state index in [2.05, 4.69) is 24.5 Å². The van der Waals surface area contributed by atoms with E-state index < -0.39 is 0 Å². The lowest BCUT2D eigenvalue weighted by atomic mass is 9.97. The van der Waals surface area contributed by atoms with Crippen molar-refractivity contribution in [1.82, 2.24) is 29.2 Å². The van der Waals surface area contributed by atoms with Crippen molar-refractivity contribution in [3.63, 3.8) is 0 Å². The van der Waals surface area contributed by atoms with Crippen molar-refractivity contribution in [3.05, 3.63) is 42.1 Å². The zero-order valence-corrected chi connectivity index (χ0v) is 14.1. The van der Waals surface area contributed by atoms with Crippen molar-refractivity contribution >= 4 is 27.1 Å². The van der Waals surface area contributed by atoms with Crippen LogP contribution in [0.2, 0.25) is 0 Å². The van der Waals surface area contributed by atoms with Gasteiger partial charge in [0.05, 0.1) is 11.9 Å². The molecule has 0 aromatic carbocycles. The smallest absolute Gasteiger partial charge is 0.214 e. The Bertz CT molecular complexity index is 982. The van der Waals surface area contributed by atoms with Gasteiger partial charge in [-0.3, -0.25) is 4.40 Å². The van der Waals surface area contributed by atoms with Gasteiger partial charge in [0.15, 0.2) is 5.65 Å². The molecule has 1 unspecified atom stereocenters. The van der Waals surface area contributed by atoms with E-state index in [-0.39, 0.29) is 0 Å². The van der Waals surface area contributed by atoms with Crippen LogP contribution in [-0.4, -0.2) is 42.3 Å². The van der Waals surface area contributed by atoms with E-state index >= 15 is 0 Å². The first-order valence-electron chi connectivity index (χ1n) is 8.15. The molecule has 0 spiro atoms. The number of pyridine rings is 1. The van der Waals surface area contributed by atoms with Gasteiger partial charge in [-0.15, -0.1) is 15.3 Å². The van der Waals surface area contributed by atoms with Gasteiger partial charge in [-0.2, -0.15) is 0 Å². The summed E-state index contributed by atoms with van der Waals surface area (Å²) >= 11 is 1.65. The number of fused-ring (bicyclic) bond motifs is 2. The Hall–Kier alpha value is -2.48. The van der Waals surface area contributed by atoms with Gasteiger partial charge in [0.25, 0.3) is 0 Å². The third kappa shape index (κ3) is 2.17. The van der Waals surface area contributed by atoms with E-state index in [0.29, 0.717) is 5.92 Å². The highest BCUT2D eigenvalue weighted by Gasteiger charge is 2.27. The van der Waals surface area contributed by atoms with Crippen molar-refractivity contribution in [2.75, 3.05) is 18.0 Å². The van der Waals surface area contributed by atoms with Crippen LogP contribution in [0.4, 0.5) is 5.13 Å². The number of nitrogens with zero attached hydrogens (tertiary/aromatic N) is 7. The Morgan fingerprint density at radius 2 is 2.21 bits per heavy atom. The number of aryl methyl sites for hydroxylation is 1. The first-order valence-corrected chi connectivity index (χ1v) is 8.97. The van der Waals surface area contributed by atoms with Gasteiger partial charge in [-0.05, 0) is 31.9 Å². The Balaban J connectivity index is 1.46. The first-order chi connectivity index (χ1) is 11.8. The Morgan fingerprint density at radius 1 is 1.25 bits per heavy atom. The maximum Gasteiger partial charge on any atom is 0.214 e. The van der Waals surface area contributed by atoms with Crippen molar-refractivity contribution in [2.24, 2.45) is 0 Å². The summed E-state index contributed by atoms with van der Waals surface area (Å²) in [5, 5.41) is 14.5. The van der Waals surface area contributed by atoms with Gasteiger partial charge in [-0.25, -0.2) is 9.50 Å². The normalized spacial score (nSPS) is 18.7. The lowest BCUT2D eigenvalue weighted by Gasteiger charge is -2.31. The number of hydrogen-bond donors (Lipinski definition) is 0. The minimum atomic E-state index is 0.370. The lowest BCUT2D eigenvalue weighted by Crippen LogP contribution is -2.35. The van der Waals surface area contributed by atoms with Crippen LogP contribution in [0.1, 0.15) is 30.3 Å². The molecule has 0 saturated carbocycles. The summed E-state index contributed by atoms with van der Waals surface area (Å²) in [6.45, 7) is 3.95. The molecule has 4 aromatic rings. The standard InChI is InChI=1S/C16H17N7S/c1-11-9-23-15(17-11)24-16(20-23)21-7-4-5-12(10-21)14-19-18-13-6-2-3-8-22(13)14/h2-3,6,8-9,12H,4-5,7,10H2,1H3. The monoisotopic (exact) mass is 339 g/mol. The molecule has 122 valence electrons. The zero-order valence-electron chi connectivity index (χ0n) is 13.3. The van der Waals surface area contributed by atoms with Crippen molar-refractivity contribution in [1.29, 1.82) is 0 Å². The van der Waals surface area contributed by atoms with Gasteiger partial charge in [-0.1, -0.05) is 17.4 Å². The van der Waals surface area contributed by atoms with E-state index in [1.54, 1.807) is 11.3 Å². The Kier molecular flexibility index (Phi) is 3.05. The fourth-order valence-corrected chi connectivity index (χ4v) is 4.39. The molecule has 1 fully saturated rings. The molecule has 7 nitrogen and oxygen atoms in total. The maximum atomic E-state index is 4.69. The van der Waals surface area contributed by atoms with Crippen molar-refractivity contribution in [3.8, 4) is 0 Å². The van der Waals surface area contributed by atoms with Crippen molar-refractivity contribution in [2.45, 2.75) is 25.7 Å². The summed E-state index contributed by atoms with van der Waals surface area (Å²) in [6, 6.07) is 6.02. The summed E-state index contributed by atoms with van der Waals surface area (Å²) in [4.78, 5) is 7.81. The van der Waals surface area contributed by atoms with Gasteiger partial charge in [0.2, 0.25) is 10.1 Å². The molecular formula is C16H17N7S.